The normalized spacial score (nSPS) is 12.6. The van der Waals surface area contributed by atoms with Crippen molar-refractivity contribution in [3.63, 3.8) is 0 Å². The van der Waals surface area contributed by atoms with Crippen LogP contribution in [0.5, 0.6) is 0 Å². The summed E-state index contributed by atoms with van der Waals surface area (Å²) in [5.74, 6) is -0.0981. The number of esters is 1. The number of amides is 1. The summed E-state index contributed by atoms with van der Waals surface area (Å²) in [6.45, 7) is 4.89. The minimum Gasteiger partial charge on any atom is -0.466 e. The largest absolute Gasteiger partial charge is 0.466 e. The summed E-state index contributed by atoms with van der Waals surface area (Å²) >= 11 is 0. The van der Waals surface area contributed by atoms with Gasteiger partial charge in [0.05, 0.1) is 25.4 Å². The van der Waals surface area contributed by atoms with Gasteiger partial charge >= 0.3 is 5.97 Å². The maximum Gasteiger partial charge on any atom is 0.305 e. The number of allylic oxidation sites excluding steroid dienone is 2. The van der Waals surface area contributed by atoms with Gasteiger partial charge in [0.15, 0.2) is 0 Å². The molecule has 380 valence electrons. The molecule has 0 aliphatic heterocycles. The minimum atomic E-state index is -0.685. The molecule has 1 amide bonds. The first kappa shape index (κ1) is 62.6. The number of hydrogen-bond donors (Lipinski definition) is 3. The summed E-state index contributed by atoms with van der Waals surface area (Å²) in [5.41, 5.74) is 0. The van der Waals surface area contributed by atoms with Crippen molar-refractivity contribution >= 4 is 11.9 Å². The van der Waals surface area contributed by atoms with Gasteiger partial charge in [-0.1, -0.05) is 270 Å². The first-order chi connectivity index (χ1) is 31.5. The second kappa shape index (κ2) is 54.2. The summed E-state index contributed by atoms with van der Waals surface area (Å²) in [5, 5.41) is 23.3. The van der Waals surface area contributed by atoms with E-state index in [-0.39, 0.29) is 18.5 Å². The SMILES string of the molecule is CCCCCCCCCCCCCCCCCCCCCC(=O)OCCCC/C=C\CCCCCCC(=O)NC(CO)C(O)CCCCCCCCCCCCCCCCCCCC. The number of ether oxygens (including phenoxy) is 1. The van der Waals surface area contributed by atoms with Crippen molar-refractivity contribution in [2.75, 3.05) is 13.2 Å². The van der Waals surface area contributed by atoms with E-state index in [1.54, 1.807) is 0 Å². The van der Waals surface area contributed by atoms with Gasteiger partial charge in [-0.05, 0) is 51.4 Å². The Morgan fingerprint density at radius 3 is 1.11 bits per heavy atom. The Hall–Kier alpha value is -1.40. The third-order valence-electron chi connectivity index (χ3n) is 13.6. The Morgan fingerprint density at radius 1 is 0.422 bits per heavy atom. The molecule has 3 N–H and O–H groups in total. The highest BCUT2D eigenvalue weighted by Gasteiger charge is 2.20. The lowest BCUT2D eigenvalue weighted by Gasteiger charge is -2.22. The topological polar surface area (TPSA) is 95.9 Å². The zero-order valence-electron chi connectivity index (χ0n) is 43.3. The third kappa shape index (κ3) is 50.0. The van der Waals surface area contributed by atoms with E-state index in [9.17, 15) is 19.8 Å². The molecule has 0 aromatic heterocycles. The number of nitrogens with one attached hydrogen (secondary N) is 1. The number of rotatable bonds is 54. The van der Waals surface area contributed by atoms with Crippen molar-refractivity contribution in [1.29, 1.82) is 0 Å². The van der Waals surface area contributed by atoms with Gasteiger partial charge in [0.2, 0.25) is 5.91 Å². The first-order valence-corrected chi connectivity index (χ1v) is 28.9. The smallest absolute Gasteiger partial charge is 0.305 e. The van der Waals surface area contributed by atoms with Crippen molar-refractivity contribution in [3.05, 3.63) is 12.2 Å². The van der Waals surface area contributed by atoms with Crippen LogP contribution >= 0.6 is 0 Å². The molecular formula is C58H113NO5. The molecule has 0 aromatic rings. The molecule has 6 nitrogen and oxygen atoms in total. The van der Waals surface area contributed by atoms with Crippen molar-refractivity contribution in [1.82, 2.24) is 5.32 Å². The number of unbranched alkanes of at least 4 members (excludes halogenated alkanes) is 41. The molecule has 0 rings (SSSR count). The van der Waals surface area contributed by atoms with E-state index >= 15 is 0 Å². The van der Waals surface area contributed by atoms with Crippen LogP contribution in [0.1, 0.15) is 322 Å². The highest BCUT2D eigenvalue weighted by atomic mass is 16.5. The summed E-state index contributed by atoms with van der Waals surface area (Å²) in [4.78, 5) is 24.6. The molecule has 6 heteroatoms. The lowest BCUT2D eigenvalue weighted by molar-refractivity contribution is -0.143. The van der Waals surface area contributed by atoms with Gasteiger partial charge in [-0.25, -0.2) is 0 Å². The monoisotopic (exact) mass is 904 g/mol. The lowest BCUT2D eigenvalue weighted by atomic mass is 10.0. The van der Waals surface area contributed by atoms with Gasteiger partial charge in [0.25, 0.3) is 0 Å². The van der Waals surface area contributed by atoms with E-state index in [0.29, 0.717) is 25.9 Å². The van der Waals surface area contributed by atoms with Crippen molar-refractivity contribution < 1.29 is 24.5 Å². The molecule has 64 heavy (non-hydrogen) atoms. The van der Waals surface area contributed by atoms with Crippen molar-refractivity contribution in [3.8, 4) is 0 Å². The van der Waals surface area contributed by atoms with Crippen LogP contribution in [-0.2, 0) is 14.3 Å². The molecule has 2 atom stereocenters. The van der Waals surface area contributed by atoms with Gasteiger partial charge in [-0.3, -0.25) is 9.59 Å². The van der Waals surface area contributed by atoms with Crippen LogP contribution in [-0.4, -0.2) is 47.4 Å². The highest BCUT2D eigenvalue weighted by Crippen LogP contribution is 2.18. The fourth-order valence-corrected chi connectivity index (χ4v) is 9.11. The van der Waals surface area contributed by atoms with E-state index in [0.717, 1.165) is 77.0 Å². The van der Waals surface area contributed by atoms with Crippen LogP contribution in [0.15, 0.2) is 12.2 Å². The van der Waals surface area contributed by atoms with Gasteiger partial charge in [-0.15, -0.1) is 0 Å². The van der Waals surface area contributed by atoms with Crippen LogP contribution < -0.4 is 5.32 Å². The molecule has 0 aromatic carbocycles. The summed E-state index contributed by atoms with van der Waals surface area (Å²) < 4.78 is 5.46. The highest BCUT2D eigenvalue weighted by molar-refractivity contribution is 5.76. The van der Waals surface area contributed by atoms with E-state index in [4.69, 9.17) is 4.74 Å². The summed E-state index contributed by atoms with van der Waals surface area (Å²) in [7, 11) is 0. The zero-order valence-corrected chi connectivity index (χ0v) is 43.3. The summed E-state index contributed by atoms with van der Waals surface area (Å²) in [6, 6.07) is -0.566. The number of carbonyl (C=O) groups is 2. The van der Waals surface area contributed by atoms with Gasteiger partial charge in [0.1, 0.15) is 0 Å². The number of aliphatic hydroxyl groups excluding tert-OH is 2. The van der Waals surface area contributed by atoms with E-state index in [2.05, 4.69) is 31.3 Å². The molecule has 0 spiro atoms. The van der Waals surface area contributed by atoms with E-state index in [1.165, 1.54) is 212 Å². The molecule has 0 aliphatic rings. The Morgan fingerprint density at radius 2 is 0.734 bits per heavy atom. The molecule has 0 fully saturated rings. The maximum atomic E-state index is 12.5. The van der Waals surface area contributed by atoms with E-state index < -0.39 is 12.1 Å². The Kier molecular flexibility index (Phi) is 53.0. The second-order valence-electron chi connectivity index (χ2n) is 20.0. The Balaban J connectivity index is 3.48. The second-order valence-corrected chi connectivity index (χ2v) is 20.0. The molecule has 2 unspecified atom stereocenters. The molecule has 0 saturated heterocycles. The molecular weight excluding hydrogens is 791 g/mol. The minimum absolute atomic E-state index is 0.0307. The van der Waals surface area contributed by atoms with Crippen LogP contribution in [0.4, 0.5) is 0 Å². The molecule has 0 aliphatic carbocycles. The van der Waals surface area contributed by atoms with E-state index in [1.807, 2.05) is 0 Å². The predicted octanol–water partition coefficient (Wildman–Crippen LogP) is 17.7. The maximum absolute atomic E-state index is 12.5. The van der Waals surface area contributed by atoms with Crippen molar-refractivity contribution in [2.24, 2.45) is 0 Å². The van der Waals surface area contributed by atoms with Crippen LogP contribution in [0.2, 0.25) is 0 Å². The number of hydrogen-bond acceptors (Lipinski definition) is 5. The Bertz CT molecular complexity index is 955. The van der Waals surface area contributed by atoms with Crippen LogP contribution in [0.3, 0.4) is 0 Å². The number of aliphatic hydroxyl groups is 2. The average molecular weight is 905 g/mol. The first-order valence-electron chi connectivity index (χ1n) is 28.9. The fraction of sp³-hybridized carbons (Fsp3) is 0.931. The van der Waals surface area contributed by atoms with Gasteiger partial charge in [0, 0.05) is 12.8 Å². The molecule has 0 heterocycles. The molecule has 0 bridgehead atoms. The third-order valence-corrected chi connectivity index (χ3v) is 13.6. The number of carbonyl (C=O) groups excluding carboxylic acids is 2. The average Bonchev–Trinajstić information content (AvgIpc) is 3.29. The predicted molar refractivity (Wildman–Crippen MR) is 278 cm³/mol. The lowest BCUT2D eigenvalue weighted by Crippen LogP contribution is -2.45. The standard InChI is InChI=1S/C58H113NO5/c1-3-5-7-9-11-13-15-17-19-21-23-25-27-29-31-36-40-44-48-52-58(63)64-53-49-45-41-37-33-32-35-39-43-47-51-57(62)59-55(54-60)56(61)50-46-42-38-34-30-28-26-24-22-20-18-16-14-12-10-8-6-4-2/h33,37,55-56,60-61H,3-32,34-36,38-54H2,1-2H3,(H,59,62)/b37-33-. The van der Waals surface area contributed by atoms with Crippen molar-refractivity contribution in [2.45, 2.75) is 334 Å². The van der Waals surface area contributed by atoms with Crippen LogP contribution in [0.25, 0.3) is 0 Å². The van der Waals surface area contributed by atoms with Gasteiger partial charge < -0.3 is 20.3 Å². The fourth-order valence-electron chi connectivity index (χ4n) is 9.11. The molecule has 0 radical (unpaired) electrons. The van der Waals surface area contributed by atoms with Gasteiger partial charge in [-0.2, -0.15) is 0 Å². The van der Waals surface area contributed by atoms with Crippen LogP contribution in [0, 0.1) is 0 Å². The zero-order chi connectivity index (χ0) is 46.5. The molecule has 0 saturated carbocycles. The summed E-state index contributed by atoms with van der Waals surface area (Å²) in [6.07, 6.45) is 63.5. The Labute approximate surface area is 399 Å². The quantitative estimate of drug-likeness (QED) is 0.0321.